The van der Waals surface area contributed by atoms with Crippen LogP contribution in [0.4, 0.5) is 4.79 Å². The van der Waals surface area contributed by atoms with Crippen molar-refractivity contribution in [3.8, 4) is 11.5 Å². The fraction of sp³-hybridized carbons (Fsp3) is 0.385. The number of Topliss-reactive ketones (excluding diaryl/α,β-unsaturated/α-hetero) is 1. The summed E-state index contributed by atoms with van der Waals surface area (Å²) in [6.45, 7) is 1.82. The Bertz CT molecular complexity index is 458. The lowest BCUT2D eigenvalue weighted by Crippen LogP contribution is -2.30. The molecule has 1 N–H and O–H groups in total. The summed E-state index contributed by atoms with van der Waals surface area (Å²) in [5.41, 5.74) is 0.425. The van der Waals surface area contributed by atoms with Gasteiger partial charge in [0.25, 0.3) is 0 Å². The molecule has 1 amide bonds. The molecule has 0 fully saturated rings. The molecule has 0 aromatic heterocycles. The van der Waals surface area contributed by atoms with Gasteiger partial charge in [0.1, 0.15) is 0 Å². The molecule has 0 aliphatic carbocycles. The first-order valence-corrected chi connectivity index (χ1v) is 5.78. The molecular weight excluding hydrogens is 250 g/mol. The summed E-state index contributed by atoms with van der Waals surface area (Å²) in [5.74, 6) is 0.760. The summed E-state index contributed by atoms with van der Waals surface area (Å²) >= 11 is 0. The summed E-state index contributed by atoms with van der Waals surface area (Å²) in [6, 6.07) is 4.81. The lowest BCUT2D eigenvalue weighted by Gasteiger charge is -2.09. The molecule has 6 nitrogen and oxygen atoms in total. The Hall–Kier alpha value is -2.24. The van der Waals surface area contributed by atoms with Gasteiger partial charge in [-0.2, -0.15) is 0 Å². The normalized spacial score (nSPS) is 9.63. The van der Waals surface area contributed by atoms with Crippen LogP contribution in [-0.2, 0) is 4.74 Å². The third-order valence-electron chi connectivity index (χ3n) is 2.37. The minimum absolute atomic E-state index is 0.131. The zero-order valence-corrected chi connectivity index (χ0v) is 11.2. The van der Waals surface area contributed by atoms with E-state index in [4.69, 9.17) is 9.47 Å². The van der Waals surface area contributed by atoms with E-state index >= 15 is 0 Å². The zero-order valence-electron chi connectivity index (χ0n) is 11.2. The van der Waals surface area contributed by atoms with Crippen LogP contribution in [0.25, 0.3) is 0 Å². The highest BCUT2D eigenvalue weighted by atomic mass is 16.5. The topological polar surface area (TPSA) is 73.9 Å². The van der Waals surface area contributed by atoms with Gasteiger partial charge in [-0.1, -0.05) is 0 Å². The van der Waals surface area contributed by atoms with E-state index in [1.165, 1.54) is 14.2 Å². The van der Waals surface area contributed by atoms with E-state index in [2.05, 4.69) is 10.1 Å². The van der Waals surface area contributed by atoms with Crippen molar-refractivity contribution >= 4 is 11.9 Å². The second-order valence-corrected chi connectivity index (χ2v) is 3.57. The SMILES string of the molecule is CCOC(=O)NCC(=O)c1ccc(OC)c(OC)c1. The van der Waals surface area contributed by atoms with E-state index in [-0.39, 0.29) is 18.9 Å². The first kappa shape index (κ1) is 14.8. The number of ketones is 1. The van der Waals surface area contributed by atoms with Gasteiger partial charge in [0, 0.05) is 5.56 Å². The maximum Gasteiger partial charge on any atom is 0.407 e. The van der Waals surface area contributed by atoms with Crippen LogP contribution in [0.3, 0.4) is 0 Å². The van der Waals surface area contributed by atoms with Crippen LogP contribution in [-0.4, -0.2) is 39.2 Å². The molecule has 0 saturated carbocycles. The molecular formula is C13H17NO5. The number of carbonyl (C=O) groups excluding carboxylic acids is 2. The number of nitrogens with one attached hydrogen (secondary N) is 1. The minimum atomic E-state index is -0.615. The Kier molecular flexibility index (Phi) is 5.66. The van der Waals surface area contributed by atoms with E-state index in [1.807, 2.05) is 0 Å². The van der Waals surface area contributed by atoms with Gasteiger partial charge in [-0.25, -0.2) is 4.79 Å². The average molecular weight is 267 g/mol. The van der Waals surface area contributed by atoms with Crippen LogP contribution >= 0.6 is 0 Å². The maximum atomic E-state index is 11.9. The summed E-state index contributed by atoms with van der Waals surface area (Å²) in [6.07, 6.45) is -0.615. The highest BCUT2D eigenvalue weighted by molar-refractivity contribution is 5.99. The van der Waals surface area contributed by atoms with E-state index in [1.54, 1.807) is 25.1 Å². The van der Waals surface area contributed by atoms with Crippen molar-refractivity contribution < 1.29 is 23.8 Å². The van der Waals surface area contributed by atoms with Gasteiger partial charge >= 0.3 is 6.09 Å². The largest absolute Gasteiger partial charge is 0.493 e. The Morgan fingerprint density at radius 1 is 1.16 bits per heavy atom. The molecule has 0 radical (unpaired) electrons. The highest BCUT2D eigenvalue weighted by Gasteiger charge is 2.12. The molecule has 1 rings (SSSR count). The fourth-order valence-electron chi connectivity index (χ4n) is 1.45. The molecule has 0 aliphatic heterocycles. The standard InChI is InChI=1S/C13H17NO5/c1-4-19-13(16)14-8-10(15)9-5-6-11(17-2)12(7-9)18-3/h5-7H,4,8H2,1-3H3,(H,14,16). The van der Waals surface area contributed by atoms with Crippen molar-refractivity contribution in [2.45, 2.75) is 6.92 Å². The molecule has 6 heteroatoms. The van der Waals surface area contributed by atoms with Gasteiger partial charge < -0.3 is 19.5 Å². The molecule has 1 aromatic carbocycles. The Morgan fingerprint density at radius 3 is 2.42 bits per heavy atom. The van der Waals surface area contributed by atoms with Crippen LogP contribution in [0.5, 0.6) is 11.5 Å². The maximum absolute atomic E-state index is 11.9. The number of rotatable bonds is 6. The molecule has 19 heavy (non-hydrogen) atoms. The van der Waals surface area contributed by atoms with Gasteiger partial charge in [0.05, 0.1) is 27.4 Å². The van der Waals surface area contributed by atoms with E-state index in [9.17, 15) is 9.59 Å². The van der Waals surface area contributed by atoms with Gasteiger partial charge in [0.2, 0.25) is 0 Å². The lowest BCUT2D eigenvalue weighted by molar-refractivity contribution is 0.0978. The van der Waals surface area contributed by atoms with Crippen LogP contribution in [0.1, 0.15) is 17.3 Å². The Morgan fingerprint density at radius 2 is 1.84 bits per heavy atom. The molecule has 104 valence electrons. The first-order chi connectivity index (χ1) is 9.12. The number of hydrogen-bond donors (Lipinski definition) is 1. The van der Waals surface area contributed by atoms with E-state index < -0.39 is 6.09 Å². The summed E-state index contributed by atoms with van der Waals surface area (Å²) in [4.78, 5) is 22.9. The van der Waals surface area contributed by atoms with Crippen molar-refractivity contribution in [1.29, 1.82) is 0 Å². The van der Waals surface area contributed by atoms with Gasteiger partial charge in [-0.15, -0.1) is 0 Å². The number of ether oxygens (including phenoxy) is 3. The third-order valence-corrected chi connectivity index (χ3v) is 2.37. The molecule has 0 unspecified atom stereocenters. The number of hydrogen-bond acceptors (Lipinski definition) is 5. The highest BCUT2D eigenvalue weighted by Crippen LogP contribution is 2.27. The summed E-state index contributed by atoms with van der Waals surface area (Å²) in [7, 11) is 3.00. The Labute approximate surface area is 111 Å². The van der Waals surface area contributed by atoms with E-state index in [0.717, 1.165) is 0 Å². The predicted octanol–water partition coefficient (Wildman–Crippen LogP) is 1.63. The zero-order chi connectivity index (χ0) is 14.3. The molecule has 0 atom stereocenters. The van der Waals surface area contributed by atoms with Gasteiger partial charge in [-0.3, -0.25) is 4.79 Å². The lowest BCUT2D eigenvalue weighted by atomic mass is 10.1. The van der Waals surface area contributed by atoms with Crippen LogP contribution < -0.4 is 14.8 Å². The molecule has 1 aromatic rings. The van der Waals surface area contributed by atoms with Crippen LogP contribution in [0, 0.1) is 0 Å². The number of alkyl carbamates (subject to hydrolysis) is 1. The quantitative estimate of drug-likeness (QED) is 0.793. The average Bonchev–Trinajstić information content (AvgIpc) is 2.44. The van der Waals surface area contributed by atoms with Crippen molar-refractivity contribution in [3.63, 3.8) is 0 Å². The van der Waals surface area contributed by atoms with Crippen molar-refractivity contribution in [3.05, 3.63) is 23.8 Å². The van der Waals surface area contributed by atoms with Crippen molar-refractivity contribution in [2.24, 2.45) is 0 Å². The molecule has 0 spiro atoms. The Balaban J connectivity index is 2.69. The summed E-state index contributed by atoms with van der Waals surface area (Å²) in [5, 5.41) is 2.37. The van der Waals surface area contributed by atoms with Crippen LogP contribution in [0.2, 0.25) is 0 Å². The monoisotopic (exact) mass is 267 g/mol. The molecule has 0 bridgehead atoms. The number of amides is 1. The fourth-order valence-corrected chi connectivity index (χ4v) is 1.45. The van der Waals surface area contributed by atoms with Crippen molar-refractivity contribution in [1.82, 2.24) is 5.32 Å². The van der Waals surface area contributed by atoms with Crippen molar-refractivity contribution in [2.75, 3.05) is 27.4 Å². The summed E-state index contributed by atoms with van der Waals surface area (Å²) < 4.78 is 14.8. The first-order valence-electron chi connectivity index (χ1n) is 5.78. The smallest absolute Gasteiger partial charge is 0.407 e. The molecule has 0 saturated heterocycles. The van der Waals surface area contributed by atoms with E-state index in [0.29, 0.717) is 17.1 Å². The molecule has 0 heterocycles. The van der Waals surface area contributed by atoms with Gasteiger partial charge in [0.15, 0.2) is 17.3 Å². The minimum Gasteiger partial charge on any atom is -0.493 e. The second-order valence-electron chi connectivity index (χ2n) is 3.57. The third kappa shape index (κ3) is 4.17. The molecule has 0 aliphatic rings. The van der Waals surface area contributed by atoms with Crippen LogP contribution in [0.15, 0.2) is 18.2 Å². The number of methoxy groups -OCH3 is 2. The number of benzene rings is 1. The van der Waals surface area contributed by atoms with Gasteiger partial charge in [-0.05, 0) is 25.1 Å². The second kappa shape index (κ2) is 7.25. The number of carbonyl (C=O) groups is 2. The predicted molar refractivity (Wildman–Crippen MR) is 68.9 cm³/mol.